The average molecular weight is 222 g/mol. The van der Waals surface area contributed by atoms with Gasteiger partial charge in [0.2, 0.25) is 5.91 Å². The lowest BCUT2D eigenvalue weighted by Crippen LogP contribution is -2.36. The van der Waals surface area contributed by atoms with Gasteiger partial charge in [-0.25, -0.2) is 0 Å². The van der Waals surface area contributed by atoms with Crippen molar-refractivity contribution >= 4 is 11.9 Å². The molecule has 0 aliphatic rings. The second-order valence-corrected chi connectivity index (χ2v) is 3.31. The summed E-state index contributed by atoms with van der Waals surface area (Å²) >= 11 is 0. The largest absolute Gasteiger partial charge is 0.480 e. The minimum absolute atomic E-state index is 0.148. The summed E-state index contributed by atoms with van der Waals surface area (Å²) in [4.78, 5) is 21.9. The van der Waals surface area contributed by atoms with Crippen molar-refractivity contribution in [2.24, 2.45) is 5.73 Å². The van der Waals surface area contributed by atoms with E-state index in [1.54, 1.807) is 12.1 Å². The number of hydrogen-bond acceptors (Lipinski definition) is 3. The van der Waals surface area contributed by atoms with Gasteiger partial charge < -0.3 is 16.2 Å². The second-order valence-electron chi connectivity index (χ2n) is 3.31. The molecule has 0 saturated carbocycles. The van der Waals surface area contributed by atoms with Gasteiger partial charge in [-0.3, -0.25) is 9.59 Å². The van der Waals surface area contributed by atoms with Crippen LogP contribution in [0.25, 0.3) is 0 Å². The van der Waals surface area contributed by atoms with Crippen molar-refractivity contribution in [2.75, 3.05) is 13.1 Å². The quantitative estimate of drug-likeness (QED) is 0.650. The Morgan fingerprint density at radius 3 is 2.44 bits per heavy atom. The van der Waals surface area contributed by atoms with Gasteiger partial charge in [-0.15, -0.1) is 0 Å². The van der Waals surface area contributed by atoms with Crippen molar-refractivity contribution in [2.45, 2.75) is 5.92 Å². The highest BCUT2D eigenvalue weighted by molar-refractivity contribution is 5.86. The molecule has 0 radical (unpaired) electrons. The molecule has 86 valence electrons. The zero-order valence-corrected chi connectivity index (χ0v) is 8.72. The van der Waals surface area contributed by atoms with Gasteiger partial charge in [0.05, 0.1) is 5.92 Å². The van der Waals surface area contributed by atoms with E-state index in [1.165, 1.54) is 0 Å². The topological polar surface area (TPSA) is 92.4 Å². The minimum atomic E-state index is -1.07. The van der Waals surface area contributed by atoms with Crippen LogP contribution in [0.3, 0.4) is 0 Å². The summed E-state index contributed by atoms with van der Waals surface area (Å²) in [5, 5.41) is 10.8. The maximum Gasteiger partial charge on any atom is 0.322 e. The van der Waals surface area contributed by atoms with Crippen molar-refractivity contribution in [3.05, 3.63) is 35.9 Å². The average Bonchev–Trinajstić information content (AvgIpc) is 2.29. The van der Waals surface area contributed by atoms with E-state index in [2.05, 4.69) is 5.32 Å². The standard InChI is InChI=1S/C11H14N2O3/c12-6-9(8-4-2-1-3-5-8)11(16)13-7-10(14)15/h1-5,9H,6-7,12H2,(H,13,16)(H,14,15). The fourth-order valence-electron chi connectivity index (χ4n) is 1.37. The molecule has 16 heavy (non-hydrogen) atoms. The molecule has 1 amide bonds. The van der Waals surface area contributed by atoms with Crippen molar-refractivity contribution in [3.63, 3.8) is 0 Å². The molecule has 1 aromatic rings. The smallest absolute Gasteiger partial charge is 0.322 e. The Kier molecular flexibility index (Phi) is 4.47. The van der Waals surface area contributed by atoms with Gasteiger partial charge >= 0.3 is 5.97 Å². The number of carbonyl (C=O) groups excluding carboxylic acids is 1. The van der Waals surface area contributed by atoms with Gasteiger partial charge in [-0.05, 0) is 5.56 Å². The third kappa shape index (κ3) is 3.36. The van der Waals surface area contributed by atoms with Crippen LogP contribution in [0.2, 0.25) is 0 Å². The number of carboxylic acids is 1. The molecule has 1 rings (SSSR count). The molecule has 0 fully saturated rings. The SMILES string of the molecule is NCC(C(=O)NCC(=O)O)c1ccccc1. The van der Waals surface area contributed by atoms with E-state index in [-0.39, 0.29) is 19.0 Å². The third-order valence-electron chi connectivity index (χ3n) is 2.17. The number of hydrogen-bond donors (Lipinski definition) is 3. The maximum absolute atomic E-state index is 11.6. The first-order valence-electron chi connectivity index (χ1n) is 4.89. The van der Waals surface area contributed by atoms with E-state index in [0.29, 0.717) is 0 Å². The van der Waals surface area contributed by atoms with Gasteiger partial charge in [0.25, 0.3) is 0 Å². The summed E-state index contributed by atoms with van der Waals surface area (Å²) in [5.74, 6) is -1.94. The van der Waals surface area contributed by atoms with E-state index in [9.17, 15) is 9.59 Å². The number of nitrogens with one attached hydrogen (secondary N) is 1. The molecular weight excluding hydrogens is 208 g/mol. The van der Waals surface area contributed by atoms with Gasteiger partial charge in [0.1, 0.15) is 6.54 Å². The number of aliphatic carboxylic acids is 1. The molecule has 1 atom stereocenters. The Balaban J connectivity index is 2.68. The monoisotopic (exact) mass is 222 g/mol. The molecule has 1 unspecified atom stereocenters. The number of rotatable bonds is 5. The van der Waals surface area contributed by atoms with Crippen molar-refractivity contribution in [3.8, 4) is 0 Å². The van der Waals surface area contributed by atoms with Crippen LogP contribution in [0.5, 0.6) is 0 Å². The van der Waals surface area contributed by atoms with Crippen LogP contribution in [0.15, 0.2) is 30.3 Å². The number of carboxylic acid groups (broad SMARTS) is 1. The Morgan fingerprint density at radius 2 is 1.94 bits per heavy atom. The Bertz CT molecular complexity index is 365. The molecule has 0 saturated heterocycles. The zero-order chi connectivity index (χ0) is 12.0. The molecule has 0 spiro atoms. The van der Waals surface area contributed by atoms with E-state index < -0.39 is 11.9 Å². The van der Waals surface area contributed by atoms with Crippen LogP contribution in [-0.4, -0.2) is 30.1 Å². The molecule has 0 aliphatic heterocycles. The van der Waals surface area contributed by atoms with Crippen molar-refractivity contribution in [1.82, 2.24) is 5.32 Å². The van der Waals surface area contributed by atoms with Crippen LogP contribution in [0.1, 0.15) is 11.5 Å². The van der Waals surface area contributed by atoms with Crippen molar-refractivity contribution in [1.29, 1.82) is 0 Å². The summed E-state index contributed by atoms with van der Waals surface area (Å²) in [6.07, 6.45) is 0. The normalized spacial score (nSPS) is 11.8. The van der Waals surface area contributed by atoms with Crippen LogP contribution in [0, 0.1) is 0 Å². The highest BCUT2D eigenvalue weighted by Crippen LogP contribution is 2.13. The number of carbonyl (C=O) groups is 2. The second kappa shape index (κ2) is 5.87. The highest BCUT2D eigenvalue weighted by atomic mass is 16.4. The number of benzene rings is 1. The lowest BCUT2D eigenvalue weighted by molar-refractivity contribution is -0.138. The Labute approximate surface area is 93.3 Å². The van der Waals surface area contributed by atoms with E-state index in [0.717, 1.165) is 5.56 Å². The predicted octanol–water partition coefficient (Wildman–Crippen LogP) is -0.0703. The maximum atomic E-state index is 11.6. The summed E-state index contributed by atoms with van der Waals surface area (Å²) in [7, 11) is 0. The molecule has 1 aromatic carbocycles. The molecule has 0 aliphatic carbocycles. The molecule has 0 aromatic heterocycles. The van der Waals surface area contributed by atoms with Crippen LogP contribution in [0.4, 0.5) is 0 Å². The van der Waals surface area contributed by atoms with E-state index in [1.807, 2.05) is 18.2 Å². The summed E-state index contributed by atoms with van der Waals surface area (Å²) in [5.41, 5.74) is 6.29. The number of amides is 1. The van der Waals surface area contributed by atoms with Crippen molar-refractivity contribution < 1.29 is 14.7 Å². The fraction of sp³-hybridized carbons (Fsp3) is 0.273. The first-order valence-corrected chi connectivity index (χ1v) is 4.89. The van der Waals surface area contributed by atoms with Crippen LogP contribution < -0.4 is 11.1 Å². The predicted molar refractivity (Wildman–Crippen MR) is 58.9 cm³/mol. The van der Waals surface area contributed by atoms with E-state index >= 15 is 0 Å². The van der Waals surface area contributed by atoms with Gasteiger partial charge in [-0.1, -0.05) is 30.3 Å². The van der Waals surface area contributed by atoms with Gasteiger partial charge in [0.15, 0.2) is 0 Å². The Hall–Kier alpha value is -1.88. The highest BCUT2D eigenvalue weighted by Gasteiger charge is 2.18. The molecule has 0 heterocycles. The summed E-state index contributed by atoms with van der Waals surface area (Å²) in [6, 6.07) is 9.03. The zero-order valence-electron chi connectivity index (χ0n) is 8.72. The lowest BCUT2D eigenvalue weighted by atomic mass is 9.98. The molecule has 4 N–H and O–H groups in total. The summed E-state index contributed by atoms with van der Waals surface area (Å²) in [6.45, 7) is -0.238. The van der Waals surface area contributed by atoms with Gasteiger partial charge in [0, 0.05) is 6.54 Å². The first-order chi connectivity index (χ1) is 7.65. The molecule has 5 heteroatoms. The molecule has 5 nitrogen and oxygen atoms in total. The minimum Gasteiger partial charge on any atom is -0.480 e. The Morgan fingerprint density at radius 1 is 1.31 bits per heavy atom. The number of nitrogens with two attached hydrogens (primary N) is 1. The van der Waals surface area contributed by atoms with Crippen LogP contribution in [-0.2, 0) is 9.59 Å². The van der Waals surface area contributed by atoms with Gasteiger partial charge in [-0.2, -0.15) is 0 Å². The third-order valence-corrected chi connectivity index (χ3v) is 2.17. The molecular formula is C11H14N2O3. The van der Waals surface area contributed by atoms with E-state index in [4.69, 9.17) is 10.8 Å². The lowest BCUT2D eigenvalue weighted by Gasteiger charge is -2.14. The first kappa shape index (κ1) is 12.2. The molecule has 0 bridgehead atoms. The summed E-state index contributed by atoms with van der Waals surface area (Å²) < 4.78 is 0. The fourth-order valence-corrected chi connectivity index (χ4v) is 1.37. The van der Waals surface area contributed by atoms with Crippen LogP contribution >= 0.6 is 0 Å².